The van der Waals surface area contributed by atoms with Gasteiger partial charge in [0.1, 0.15) is 19.3 Å². The summed E-state index contributed by atoms with van der Waals surface area (Å²) in [7, 11) is -2.32. The minimum atomic E-state index is -1.16. The van der Waals surface area contributed by atoms with Crippen LogP contribution in [0.2, 0.25) is 64.0 Å². The molecule has 0 bridgehead atoms. The third-order valence-corrected chi connectivity index (χ3v) is 11.1. The van der Waals surface area contributed by atoms with Crippen LogP contribution in [-0.4, -0.2) is 71.1 Å². The van der Waals surface area contributed by atoms with Gasteiger partial charge in [-0.2, -0.15) is 9.61 Å². The number of aromatic nitrogens is 3. The van der Waals surface area contributed by atoms with Crippen LogP contribution in [-0.2, 0) is 20.5 Å². The second-order valence-corrected chi connectivity index (χ2v) is 25.2. The summed E-state index contributed by atoms with van der Waals surface area (Å²) in [4.78, 5) is 7.21. The molecule has 0 unspecified atom stereocenters. The summed E-state index contributed by atoms with van der Waals surface area (Å²) in [6.07, 6.45) is 7.29. The lowest BCUT2D eigenvalue weighted by Crippen LogP contribution is -2.33. The van der Waals surface area contributed by atoms with Crippen LogP contribution in [0.1, 0.15) is 18.5 Å². The average molecular weight is 660 g/mol. The van der Waals surface area contributed by atoms with E-state index in [-0.39, 0.29) is 0 Å². The van der Waals surface area contributed by atoms with Crippen molar-refractivity contribution in [2.24, 2.45) is 11.7 Å². The molecule has 0 amide bonds. The zero-order valence-electron chi connectivity index (χ0n) is 23.8. The lowest BCUT2D eigenvalue weighted by molar-refractivity contribution is 0.0942. The molecule has 12 heteroatoms. The van der Waals surface area contributed by atoms with Gasteiger partial charge in [-0.25, -0.2) is 4.98 Å². The van der Waals surface area contributed by atoms with Gasteiger partial charge in [0.05, 0.1) is 16.5 Å². The van der Waals surface area contributed by atoms with Gasteiger partial charge in [-0.15, -0.1) is 0 Å². The molecule has 1 saturated heterocycles. The maximum Gasteiger partial charge on any atom is 0.294 e. The van der Waals surface area contributed by atoms with E-state index in [9.17, 15) is 0 Å². The Balaban J connectivity index is 1.78. The van der Waals surface area contributed by atoms with E-state index in [4.69, 9.17) is 24.8 Å². The van der Waals surface area contributed by atoms with Crippen molar-refractivity contribution < 1.29 is 14.1 Å². The second-order valence-electron chi connectivity index (χ2n) is 12.7. The molecule has 8 nitrogen and oxygen atoms in total. The summed E-state index contributed by atoms with van der Waals surface area (Å²) >= 11 is 2.33. The summed E-state index contributed by atoms with van der Waals surface area (Å²) in [6.45, 7) is 17.4. The van der Waals surface area contributed by atoms with Crippen molar-refractivity contribution in [3.63, 3.8) is 0 Å². The molecular weight excluding hydrogens is 612 g/mol. The van der Waals surface area contributed by atoms with Crippen LogP contribution in [0.15, 0.2) is 12.3 Å². The monoisotopic (exact) mass is 659 g/mol. The van der Waals surface area contributed by atoms with Gasteiger partial charge in [-0.3, -0.25) is 0 Å². The zero-order valence-corrected chi connectivity index (χ0v) is 27.9. The third kappa shape index (κ3) is 10.5. The smallest absolute Gasteiger partial charge is 0.294 e. The van der Waals surface area contributed by atoms with E-state index in [2.05, 4.69) is 77.9 Å². The number of nitrogens with zero attached hydrogens (tertiary/aromatic N) is 4. The maximum atomic E-state index is 6.21. The van der Waals surface area contributed by atoms with Gasteiger partial charge in [-0.05, 0) is 59.7 Å². The van der Waals surface area contributed by atoms with Gasteiger partial charge in [0.2, 0.25) is 0 Å². The third-order valence-electron chi connectivity index (χ3n) is 6.90. The molecule has 2 aromatic rings. The van der Waals surface area contributed by atoms with Crippen LogP contribution in [0.3, 0.4) is 0 Å². The van der Waals surface area contributed by atoms with Crippen LogP contribution in [0.25, 0.3) is 5.65 Å². The van der Waals surface area contributed by atoms with E-state index in [1.54, 1.807) is 0 Å². The molecule has 1 aliphatic heterocycles. The van der Waals surface area contributed by atoms with Crippen LogP contribution < -0.4 is 10.6 Å². The van der Waals surface area contributed by atoms with E-state index in [1.807, 2.05) is 10.7 Å². The Bertz CT molecular complexity index is 956. The Morgan fingerprint density at radius 1 is 1.05 bits per heavy atom. The summed E-state index contributed by atoms with van der Waals surface area (Å²) in [5, 5.41) is 4.67. The molecule has 0 aromatic carbocycles. The number of fused-ring (bicyclic) bond motifs is 1. The molecule has 1 fully saturated rings. The first-order valence-electron chi connectivity index (χ1n) is 13.7. The van der Waals surface area contributed by atoms with E-state index in [0.29, 0.717) is 33.0 Å². The van der Waals surface area contributed by atoms with Crippen LogP contribution in [0, 0.1) is 9.49 Å². The number of anilines is 1. The van der Waals surface area contributed by atoms with E-state index >= 15 is 0 Å². The van der Waals surface area contributed by atoms with Crippen molar-refractivity contribution in [3.05, 3.63) is 21.5 Å². The standard InChI is InChI=1S/C25H47BIN5O3Si2/c1-36(2,3)13-11-33-19-31(20-34-12-14-37(4,5)6)24-16-22(30-25-23(27)17-29-32(24)25)15-21-7-9-26(10-8-21)35-18-28/h16-17,21H,7-15,18-20,28H2,1-6H3. The number of rotatable bonds is 15. The molecule has 0 atom stereocenters. The van der Waals surface area contributed by atoms with Crippen molar-refractivity contribution in [3.8, 4) is 0 Å². The quantitative estimate of drug-likeness (QED) is 0.115. The first kappa shape index (κ1) is 31.0. The molecular formula is C25H47BIN5O3Si2. The Hall–Kier alpha value is -0.511. The topological polar surface area (TPSA) is 87.1 Å². The van der Waals surface area contributed by atoms with Crippen molar-refractivity contribution in [2.45, 2.75) is 83.3 Å². The number of halogens is 1. The largest absolute Gasteiger partial charge is 0.424 e. The Morgan fingerprint density at radius 3 is 2.19 bits per heavy atom. The molecule has 3 heterocycles. The first-order valence-corrected chi connectivity index (χ1v) is 22.2. The normalized spacial score (nSPS) is 15.6. The molecule has 208 valence electrons. The van der Waals surface area contributed by atoms with Crippen molar-refractivity contribution in [2.75, 3.05) is 38.3 Å². The van der Waals surface area contributed by atoms with Crippen LogP contribution in [0.5, 0.6) is 0 Å². The lowest BCUT2D eigenvalue weighted by Gasteiger charge is -2.28. The fourth-order valence-corrected chi connectivity index (χ4v) is 6.50. The predicted octanol–water partition coefficient (Wildman–Crippen LogP) is 5.64. The zero-order chi connectivity index (χ0) is 27.1. The van der Waals surface area contributed by atoms with Crippen molar-refractivity contribution in [1.29, 1.82) is 0 Å². The van der Waals surface area contributed by atoms with Gasteiger partial charge >= 0.3 is 0 Å². The highest BCUT2D eigenvalue weighted by Gasteiger charge is 2.26. The summed E-state index contributed by atoms with van der Waals surface area (Å²) in [6, 6.07) is 4.48. The molecule has 0 saturated carbocycles. The molecule has 0 aliphatic carbocycles. The molecule has 2 N–H and O–H groups in total. The van der Waals surface area contributed by atoms with Gasteiger partial charge in [-0.1, -0.05) is 52.1 Å². The molecule has 37 heavy (non-hydrogen) atoms. The fraction of sp³-hybridized carbons (Fsp3) is 0.760. The number of ether oxygens (including phenoxy) is 2. The fourth-order valence-electron chi connectivity index (χ4n) is 4.51. The van der Waals surface area contributed by atoms with Crippen molar-refractivity contribution in [1.82, 2.24) is 14.6 Å². The van der Waals surface area contributed by atoms with E-state index < -0.39 is 16.1 Å². The van der Waals surface area contributed by atoms with Gasteiger partial charge in [0.15, 0.2) is 5.65 Å². The van der Waals surface area contributed by atoms with Gasteiger partial charge in [0.25, 0.3) is 6.92 Å². The van der Waals surface area contributed by atoms with E-state index in [0.717, 1.165) is 77.9 Å². The number of hydrogen-bond donors (Lipinski definition) is 1. The highest BCUT2D eigenvalue weighted by atomic mass is 127. The molecule has 0 radical (unpaired) electrons. The highest BCUT2D eigenvalue weighted by Crippen LogP contribution is 2.30. The first-order chi connectivity index (χ1) is 17.4. The SMILES string of the molecule is C[Si](C)(C)CCOCN(COCC[Si](C)(C)C)c1cc(CC2CCB(OCN)CC2)nc2c(I)cnn12. The Labute approximate surface area is 239 Å². The molecule has 2 aromatic heterocycles. The van der Waals surface area contributed by atoms with Gasteiger partial charge < -0.3 is 24.8 Å². The number of hydrogen-bond acceptors (Lipinski definition) is 7. The highest BCUT2D eigenvalue weighted by molar-refractivity contribution is 14.1. The Kier molecular flexibility index (Phi) is 11.9. The molecule has 0 spiro atoms. The van der Waals surface area contributed by atoms with Gasteiger partial charge in [0, 0.05) is 41.1 Å². The van der Waals surface area contributed by atoms with Crippen LogP contribution >= 0.6 is 22.6 Å². The predicted molar refractivity (Wildman–Crippen MR) is 168 cm³/mol. The minimum Gasteiger partial charge on any atom is -0.424 e. The molecule has 3 rings (SSSR count). The lowest BCUT2D eigenvalue weighted by atomic mass is 9.53. The average Bonchev–Trinajstić information content (AvgIpc) is 3.18. The minimum absolute atomic E-state index is 0.306. The summed E-state index contributed by atoms with van der Waals surface area (Å²) < 4.78 is 21.1. The molecule has 1 aliphatic rings. The summed E-state index contributed by atoms with van der Waals surface area (Å²) in [5.74, 6) is 1.60. The van der Waals surface area contributed by atoms with Crippen molar-refractivity contribution >= 4 is 57.1 Å². The van der Waals surface area contributed by atoms with Crippen LogP contribution in [0.4, 0.5) is 5.82 Å². The Morgan fingerprint density at radius 2 is 1.65 bits per heavy atom. The number of nitrogens with two attached hydrogens (primary N) is 1. The maximum absolute atomic E-state index is 6.21. The van der Waals surface area contributed by atoms with E-state index in [1.165, 1.54) is 0 Å². The summed E-state index contributed by atoms with van der Waals surface area (Å²) in [5.41, 5.74) is 7.60. The second kappa shape index (κ2) is 14.2.